The first-order valence-electron chi connectivity index (χ1n) is 6.45. The molecule has 0 aliphatic heterocycles. The Balaban J connectivity index is 4.08. The van der Waals surface area contributed by atoms with Crippen molar-refractivity contribution >= 4 is 0 Å². The molecule has 1 N–H and O–H groups in total. The third kappa shape index (κ3) is 6.99. The van der Waals surface area contributed by atoms with Crippen LogP contribution in [0.15, 0.2) is 0 Å². The second-order valence-electron chi connectivity index (χ2n) is 4.72. The summed E-state index contributed by atoms with van der Waals surface area (Å²) in [7, 11) is 1.73. The van der Waals surface area contributed by atoms with Crippen LogP contribution in [0, 0.1) is 0 Å². The smallest absolute Gasteiger partial charge is 0.0797 e. The number of ether oxygens (including phenoxy) is 3. The average molecular weight is 247 g/mol. The van der Waals surface area contributed by atoms with E-state index in [1.165, 1.54) is 0 Å². The topological polar surface area (TPSA) is 39.7 Å². The van der Waals surface area contributed by atoms with Gasteiger partial charge in [0.25, 0.3) is 0 Å². The zero-order chi connectivity index (χ0) is 13.3. The molecule has 4 heteroatoms. The van der Waals surface area contributed by atoms with Crippen LogP contribution in [-0.4, -0.2) is 51.2 Å². The van der Waals surface area contributed by atoms with E-state index in [0.717, 1.165) is 13.2 Å². The maximum Gasteiger partial charge on any atom is 0.0797 e. The Bertz CT molecular complexity index is 186. The van der Waals surface area contributed by atoms with Crippen molar-refractivity contribution in [1.29, 1.82) is 0 Å². The van der Waals surface area contributed by atoms with Crippen molar-refractivity contribution in [3.05, 3.63) is 0 Å². The molecule has 4 nitrogen and oxygen atoms in total. The van der Waals surface area contributed by atoms with Gasteiger partial charge in [-0.15, -0.1) is 0 Å². The number of methoxy groups -OCH3 is 1. The standard InChI is InChI=1S/C13H29NO3/c1-7-14-12(13(4,5)15-6)10-17-11(3)9-16-8-2/h11-12,14H,7-10H2,1-6H3. The van der Waals surface area contributed by atoms with E-state index >= 15 is 0 Å². The molecule has 0 aliphatic carbocycles. The van der Waals surface area contributed by atoms with Crippen molar-refractivity contribution in [2.24, 2.45) is 0 Å². The molecule has 0 aromatic rings. The first-order chi connectivity index (χ1) is 7.97. The maximum atomic E-state index is 5.78. The van der Waals surface area contributed by atoms with Crippen molar-refractivity contribution in [2.45, 2.75) is 52.4 Å². The summed E-state index contributed by atoms with van der Waals surface area (Å²) < 4.78 is 16.6. The van der Waals surface area contributed by atoms with Gasteiger partial charge in [-0.3, -0.25) is 0 Å². The second-order valence-corrected chi connectivity index (χ2v) is 4.72. The largest absolute Gasteiger partial charge is 0.379 e. The van der Waals surface area contributed by atoms with Crippen LogP contribution in [0.3, 0.4) is 0 Å². The van der Waals surface area contributed by atoms with Crippen LogP contribution in [0.1, 0.15) is 34.6 Å². The molecule has 0 fully saturated rings. The Morgan fingerprint density at radius 3 is 2.29 bits per heavy atom. The highest BCUT2D eigenvalue weighted by molar-refractivity contribution is 4.85. The molecular formula is C13H29NO3. The summed E-state index contributed by atoms with van der Waals surface area (Å²) in [6.07, 6.45) is 0.115. The molecule has 2 atom stereocenters. The van der Waals surface area contributed by atoms with Crippen LogP contribution in [0.2, 0.25) is 0 Å². The first kappa shape index (κ1) is 16.8. The summed E-state index contributed by atoms with van der Waals surface area (Å²) in [5, 5.41) is 3.39. The molecule has 0 spiro atoms. The fraction of sp³-hybridized carbons (Fsp3) is 1.00. The normalized spacial score (nSPS) is 15.9. The number of likely N-dealkylation sites (N-methyl/N-ethyl adjacent to an activating group) is 1. The summed E-state index contributed by atoms with van der Waals surface area (Å²) in [5.74, 6) is 0. The van der Waals surface area contributed by atoms with Gasteiger partial charge in [0, 0.05) is 13.7 Å². The predicted octanol–water partition coefficient (Wildman–Crippen LogP) is 1.83. The van der Waals surface area contributed by atoms with E-state index in [1.807, 2.05) is 13.8 Å². The van der Waals surface area contributed by atoms with Crippen LogP contribution < -0.4 is 5.32 Å². The molecule has 0 rings (SSSR count). The molecular weight excluding hydrogens is 218 g/mol. The Hall–Kier alpha value is -0.160. The number of hydrogen-bond donors (Lipinski definition) is 1. The molecule has 0 saturated carbocycles. The molecule has 2 unspecified atom stereocenters. The molecule has 0 amide bonds. The minimum absolute atomic E-state index is 0.115. The van der Waals surface area contributed by atoms with Gasteiger partial charge in [0.05, 0.1) is 31.0 Å². The minimum Gasteiger partial charge on any atom is -0.379 e. The third-order valence-electron chi connectivity index (χ3n) is 2.92. The minimum atomic E-state index is -0.235. The Labute approximate surface area is 106 Å². The van der Waals surface area contributed by atoms with Gasteiger partial charge >= 0.3 is 0 Å². The lowest BCUT2D eigenvalue weighted by Gasteiger charge is -2.34. The zero-order valence-corrected chi connectivity index (χ0v) is 12.2. The van der Waals surface area contributed by atoms with Crippen LogP contribution >= 0.6 is 0 Å². The van der Waals surface area contributed by atoms with Gasteiger partial charge in [-0.25, -0.2) is 0 Å². The fourth-order valence-electron chi connectivity index (χ4n) is 1.49. The van der Waals surface area contributed by atoms with Crippen molar-refractivity contribution in [3.63, 3.8) is 0 Å². The highest BCUT2D eigenvalue weighted by Gasteiger charge is 2.29. The summed E-state index contributed by atoms with van der Waals surface area (Å²) in [4.78, 5) is 0. The van der Waals surface area contributed by atoms with Gasteiger partial charge in [0.15, 0.2) is 0 Å². The van der Waals surface area contributed by atoms with Gasteiger partial charge in [-0.2, -0.15) is 0 Å². The van der Waals surface area contributed by atoms with E-state index in [0.29, 0.717) is 13.2 Å². The van der Waals surface area contributed by atoms with Crippen LogP contribution in [0.5, 0.6) is 0 Å². The summed E-state index contributed by atoms with van der Waals surface area (Å²) >= 11 is 0. The van der Waals surface area contributed by atoms with E-state index in [4.69, 9.17) is 14.2 Å². The Morgan fingerprint density at radius 2 is 1.82 bits per heavy atom. The Kier molecular flexibility index (Phi) is 8.78. The number of hydrogen-bond acceptors (Lipinski definition) is 4. The van der Waals surface area contributed by atoms with E-state index in [-0.39, 0.29) is 17.7 Å². The molecule has 0 heterocycles. The molecule has 0 radical (unpaired) electrons. The first-order valence-corrected chi connectivity index (χ1v) is 6.45. The van der Waals surface area contributed by atoms with Gasteiger partial charge in [0.2, 0.25) is 0 Å². The highest BCUT2D eigenvalue weighted by Crippen LogP contribution is 2.14. The zero-order valence-electron chi connectivity index (χ0n) is 12.2. The molecule has 0 aliphatic rings. The lowest BCUT2D eigenvalue weighted by atomic mass is 9.99. The van der Waals surface area contributed by atoms with E-state index in [1.54, 1.807) is 7.11 Å². The third-order valence-corrected chi connectivity index (χ3v) is 2.92. The highest BCUT2D eigenvalue weighted by atomic mass is 16.5. The molecule has 0 aromatic carbocycles. The lowest BCUT2D eigenvalue weighted by molar-refractivity contribution is -0.0646. The molecule has 0 saturated heterocycles. The van der Waals surface area contributed by atoms with Crippen LogP contribution in [0.25, 0.3) is 0 Å². The molecule has 104 valence electrons. The quantitative estimate of drug-likeness (QED) is 0.639. The number of rotatable bonds is 10. The molecule has 0 bridgehead atoms. The SMILES string of the molecule is CCNC(COC(C)COCC)C(C)(C)OC. The van der Waals surface area contributed by atoms with Gasteiger partial charge in [0.1, 0.15) is 0 Å². The second kappa shape index (κ2) is 8.86. The van der Waals surface area contributed by atoms with E-state index in [9.17, 15) is 0 Å². The average Bonchev–Trinajstić information content (AvgIpc) is 2.31. The van der Waals surface area contributed by atoms with Gasteiger partial charge in [-0.1, -0.05) is 6.92 Å². The predicted molar refractivity (Wildman–Crippen MR) is 70.5 cm³/mol. The van der Waals surface area contributed by atoms with Crippen LogP contribution in [0.4, 0.5) is 0 Å². The maximum absolute atomic E-state index is 5.78. The van der Waals surface area contributed by atoms with Crippen molar-refractivity contribution in [1.82, 2.24) is 5.32 Å². The van der Waals surface area contributed by atoms with E-state index < -0.39 is 0 Å². The molecule has 17 heavy (non-hydrogen) atoms. The van der Waals surface area contributed by atoms with Crippen molar-refractivity contribution in [2.75, 3.05) is 33.5 Å². The lowest BCUT2D eigenvalue weighted by Crippen LogP contribution is -2.51. The molecule has 0 aromatic heterocycles. The Morgan fingerprint density at radius 1 is 1.18 bits per heavy atom. The van der Waals surface area contributed by atoms with Gasteiger partial charge in [-0.05, 0) is 34.2 Å². The summed E-state index contributed by atoms with van der Waals surface area (Å²) in [5.41, 5.74) is -0.235. The van der Waals surface area contributed by atoms with Crippen LogP contribution in [-0.2, 0) is 14.2 Å². The van der Waals surface area contributed by atoms with E-state index in [2.05, 4.69) is 26.1 Å². The fourth-order valence-corrected chi connectivity index (χ4v) is 1.49. The van der Waals surface area contributed by atoms with Gasteiger partial charge < -0.3 is 19.5 Å². The van der Waals surface area contributed by atoms with Crippen molar-refractivity contribution < 1.29 is 14.2 Å². The monoisotopic (exact) mass is 247 g/mol. The van der Waals surface area contributed by atoms with Crippen molar-refractivity contribution in [3.8, 4) is 0 Å². The summed E-state index contributed by atoms with van der Waals surface area (Å²) in [6.45, 7) is 13.1. The summed E-state index contributed by atoms with van der Waals surface area (Å²) in [6, 6.07) is 0.182. The number of nitrogens with one attached hydrogen (secondary N) is 1.